The Morgan fingerprint density at radius 2 is 1.48 bits per heavy atom. The number of nitrogens with zero attached hydrogens (tertiary/aromatic N) is 2. The van der Waals surface area contributed by atoms with Crippen molar-refractivity contribution < 1.29 is 9.47 Å². The molecular weight excluding hydrogens is 332 g/mol. The molecule has 0 unspecified atom stereocenters. The van der Waals surface area contributed by atoms with Crippen molar-refractivity contribution in [2.24, 2.45) is 0 Å². The third kappa shape index (κ3) is 2.25. The van der Waals surface area contributed by atoms with Gasteiger partial charge >= 0.3 is 0 Å². The second-order valence-electron chi connectivity index (χ2n) is 4.54. The van der Waals surface area contributed by atoms with Gasteiger partial charge in [0.05, 0.1) is 0 Å². The van der Waals surface area contributed by atoms with Crippen LogP contribution in [-0.2, 0) is 0 Å². The highest BCUT2D eigenvalue weighted by Gasteiger charge is 2.21. The lowest BCUT2D eigenvalue weighted by molar-refractivity contribution is 0.336. The minimum absolute atomic E-state index is 0.386. The van der Waals surface area contributed by atoms with Crippen LogP contribution in [0.4, 0.5) is 0 Å². The third-order valence-corrected chi connectivity index (χ3v) is 3.64. The number of hydrogen-bond donors (Lipinski definition) is 0. The summed E-state index contributed by atoms with van der Waals surface area (Å²) < 4.78 is 12.5. The number of hydrogen-bond acceptors (Lipinski definition) is 4. The smallest absolute Gasteiger partial charge is 0.284 e. The summed E-state index contributed by atoms with van der Waals surface area (Å²) in [6.07, 6.45) is 3.15. The van der Waals surface area contributed by atoms with E-state index in [1.165, 1.54) is 0 Å². The van der Waals surface area contributed by atoms with E-state index in [1.54, 1.807) is 12.4 Å². The van der Waals surface area contributed by atoms with Crippen LogP contribution in [0.3, 0.4) is 0 Å². The van der Waals surface area contributed by atoms with E-state index in [2.05, 4.69) is 32.0 Å². The topological polar surface area (TPSA) is 44.2 Å². The highest BCUT2D eigenvalue weighted by Crippen LogP contribution is 2.44. The lowest BCUT2D eigenvalue weighted by atomic mass is 10.1. The van der Waals surface area contributed by atoms with Gasteiger partial charge in [-0.3, -0.25) is 0 Å². The van der Waals surface area contributed by atoms with Gasteiger partial charge in [0.2, 0.25) is 0 Å². The van der Waals surface area contributed by atoms with Gasteiger partial charge in [-0.25, -0.2) is 9.97 Å². The Labute approximate surface area is 129 Å². The van der Waals surface area contributed by atoms with E-state index in [1.807, 2.05) is 36.4 Å². The van der Waals surface area contributed by atoms with E-state index in [9.17, 15) is 0 Å². The van der Waals surface area contributed by atoms with Crippen LogP contribution < -0.4 is 9.47 Å². The lowest BCUT2D eigenvalue weighted by Gasteiger charge is -2.18. The van der Waals surface area contributed by atoms with E-state index in [0.717, 1.165) is 15.6 Å². The second-order valence-corrected chi connectivity index (χ2v) is 5.46. The zero-order valence-electron chi connectivity index (χ0n) is 10.8. The standard InChI is InChI=1S/C16H9BrN2O2/c17-12-3-1-2-10(8-12)11-4-5-13-14(9-11)21-16-15(20-13)18-6-7-19-16/h1-9H. The first-order chi connectivity index (χ1) is 10.3. The second kappa shape index (κ2) is 4.86. The Morgan fingerprint density at radius 1 is 0.762 bits per heavy atom. The van der Waals surface area contributed by atoms with E-state index in [4.69, 9.17) is 9.47 Å². The van der Waals surface area contributed by atoms with Gasteiger partial charge in [-0.2, -0.15) is 0 Å². The SMILES string of the molecule is Brc1cccc(-c2ccc3c(c2)Oc2nccnc2O3)c1. The number of ether oxygens (including phenoxy) is 2. The normalized spacial score (nSPS) is 11.9. The van der Waals surface area contributed by atoms with Gasteiger partial charge in [0.1, 0.15) is 0 Å². The minimum Gasteiger partial charge on any atom is -0.431 e. The molecule has 0 N–H and O–H groups in total. The average molecular weight is 341 g/mol. The van der Waals surface area contributed by atoms with Crippen molar-refractivity contribution in [2.45, 2.75) is 0 Å². The molecule has 0 atom stereocenters. The first-order valence-corrected chi connectivity index (χ1v) is 7.15. The van der Waals surface area contributed by atoms with Crippen molar-refractivity contribution in [3.05, 3.63) is 59.3 Å². The average Bonchev–Trinajstić information content (AvgIpc) is 2.52. The molecule has 3 aromatic rings. The molecule has 4 nitrogen and oxygen atoms in total. The Kier molecular flexibility index (Phi) is 2.86. The molecule has 0 saturated heterocycles. The van der Waals surface area contributed by atoms with Crippen molar-refractivity contribution >= 4 is 15.9 Å². The van der Waals surface area contributed by atoms with Gasteiger partial charge < -0.3 is 9.47 Å². The molecule has 0 saturated carbocycles. The van der Waals surface area contributed by atoms with Crippen molar-refractivity contribution in [2.75, 3.05) is 0 Å². The van der Waals surface area contributed by atoms with Crippen LogP contribution >= 0.6 is 15.9 Å². The molecule has 1 aliphatic heterocycles. The van der Waals surface area contributed by atoms with E-state index in [0.29, 0.717) is 23.3 Å². The molecule has 21 heavy (non-hydrogen) atoms. The fourth-order valence-electron chi connectivity index (χ4n) is 2.18. The molecule has 2 aromatic carbocycles. The summed E-state index contributed by atoms with van der Waals surface area (Å²) in [5.74, 6) is 2.05. The number of rotatable bonds is 1. The predicted octanol–water partition coefficient (Wildman–Crippen LogP) is 4.80. The number of aromatic nitrogens is 2. The quantitative estimate of drug-likeness (QED) is 0.499. The van der Waals surface area contributed by atoms with Crippen LogP contribution in [0.25, 0.3) is 11.1 Å². The molecule has 102 valence electrons. The molecule has 2 heterocycles. The number of benzene rings is 2. The molecule has 1 aromatic heterocycles. The van der Waals surface area contributed by atoms with Crippen molar-refractivity contribution in [3.8, 4) is 34.4 Å². The molecule has 5 heteroatoms. The molecule has 4 rings (SSSR count). The Hall–Kier alpha value is -2.40. The van der Waals surface area contributed by atoms with E-state index >= 15 is 0 Å². The molecule has 0 spiro atoms. The van der Waals surface area contributed by atoms with Crippen molar-refractivity contribution in [3.63, 3.8) is 0 Å². The van der Waals surface area contributed by atoms with Gasteiger partial charge in [-0.05, 0) is 35.4 Å². The van der Waals surface area contributed by atoms with Gasteiger partial charge in [0.15, 0.2) is 11.5 Å². The van der Waals surface area contributed by atoms with Crippen molar-refractivity contribution in [1.29, 1.82) is 0 Å². The van der Waals surface area contributed by atoms with E-state index in [-0.39, 0.29) is 0 Å². The maximum Gasteiger partial charge on any atom is 0.284 e. The van der Waals surface area contributed by atoms with Crippen LogP contribution in [0.1, 0.15) is 0 Å². The first-order valence-electron chi connectivity index (χ1n) is 6.36. The predicted molar refractivity (Wildman–Crippen MR) is 81.8 cm³/mol. The van der Waals surface area contributed by atoms with E-state index < -0.39 is 0 Å². The lowest BCUT2D eigenvalue weighted by Crippen LogP contribution is -2.02. The monoisotopic (exact) mass is 340 g/mol. The first kappa shape index (κ1) is 12.3. The number of halogens is 1. The van der Waals surface area contributed by atoms with Crippen LogP contribution in [0, 0.1) is 0 Å². The fraction of sp³-hybridized carbons (Fsp3) is 0. The summed E-state index contributed by atoms with van der Waals surface area (Å²) >= 11 is 3.48. The summed E-state index contributed by atoms with van der Waals surface area (Å²) in [4.78, 5) is 8.21. The summed E-state index contributed by atoms with van der Waals surface area (Å²) in [7, 11) is 0. The van der Waals surface area contributed by atoms with Gasteiger partial charge in [-0.15, -0.1) is 0 Å². The molecule has 0 radical (unpaired) electrons. The minimum atomic E-state index is 0.386. The molecule has 0 bridgehead atoms. The maximum atomic E-state index is 5.76. The Morgan fingerprint density at radius 3 is 2.24 bits per heavy atom. The highest BCUT2D eigenvalue weighted by molar-refractivity contribution is 9.10. The van der Waals surface area contributed by atoms with Crippen molar-refractivity contribution in [1.82, 2.24) is 9.97 Å². The van der Waals surface area contributed by atoms with Crippen LogP contribution in [-0.4, -0.2) is 9.97 Å². The third-order valence-electron chi connectivity index (χ3n) is 3.15. The molecule has 0 amide bonds. The molecular formula is C16H9BrN2O2. The summed E-state index contributed by atoms with van der Waals surface area (Å²) in [6, 6.07) is 13.9. The zero-order chi connectivity index (χ0) is 14.2. The highest BCUT2D eigenvalue weighted by atomic mass is 79.9. The van der Waals surface area contributed by atoms with Crippen LogP contribution in [0.15, 0.2) is 59.3 Å². The summed E-state index contributed by atoms with van der Waals surface area (Å²) in [5, 5.41) is 0. The fourth-order valence-corrected chi connectivity index (χ4v) is 2.58. The molecule has 0 fully saturated rings. The van der Waals surface area contributed by atoms with Crippen LogP contribution in [0.5, 0.6) is 23.3 Å². The maximum absolute atomic E-state index is 5.76. The largest absolute Gasteiger partial charge is 0.431 e. The Balaban J connectivity index is 1.76. The van der Waals surface area contributed by atoms with Gasteiger partial charge in [0.25, 0.3) is 11.8 Å². The summed E-state index contributed by atoms with van der Waals surface area (Å²) in [5.41, 5.74) is 2.15. The summed E-state index contributed by atoms with van der Waals surface area (Å²) in [6.45, 7) is 0. The van der Waals surface area contributed by atoms with Gasteiger partial charge in [-0.1, -0.05) is 34.1 Å². The molecule has 1 aliphatic rings. The van der Waals surface area contributed by atoms with Crippen LogP contribution in [0.2, 0.25) is 0 Å². The molecule has 0 aliphatic carbocycles. The zero-order valence-corrected chi connectivity index (χ0v) is 12.4. The van der Waals surface area contributed by atoms with Gasteiger partial charge in [0, 0.05) is 16.9 Å². The number of fused-ring (bicyclic) bond motifs is 2. The Bertz CT molecular complexity index is 836.